The van der Waals surface area contributed by atoms with Crippen LogP contribution >= 0.6 is 11.8 Å². The normalized spacial score (nSPS) is 13.5. The minimum Gasteiger partial charge on any atom is -0.382 e. The second-order valence-corrected chi connectivity index (χ2v) is 6.39. The molecular weight excluding hydrogens is 384 g/mol. The van der Waals surface area contributed by atoms with Crippen molar-refractivity contribution in [3.8, 4) is 6.07 Å². The SMILES string of the molecule is CSc1c(C#N)c(N)nc2c(N=NN3C(=O)c4ccccc4C3=O)c(=O)[nH]n12. The van der Waals surface area contributed by atoms with Gasteiger partial charge in [0.25, 0.3) is 17.4 Å². The first kappa shape index (κ1) is 17.4. The Bertz CT molecular complexity index is 1260. The summed E-state index contributed by atoms with van der Waals surface area (Å²) in [5.74, 6) is -1.37. The average molecular weight is 394 g/mol. The van der Waals surface area contributed by atoms with Gasteiger partial charge in [-0.3, -0.25) is 19.5 Å². The number of nitrogen functional groups attached to an aromatic ring is 1. The number of nitriles is 1. The minimum absolute atomic E-state index is 0.0196. The molecule has 28 heavy (non-hydrogen) atoms. The number of carbonyl (C=O) groups excluding carboxylic acids is 2. The Morgan fingerprint density at radius 1 is 1.21 bits per heavy atom. The lowest BCUT2D eigenvalue weighted by Gasteiger charge is -2.06. The van der Waals surface area contributed by atoms with Gasteiger partial charge in [-0.2, -0.15) is 5.26 Å². The van der Waals surface area contributed by atoms with Crippen LogP contribution < -0.4 is 11.3 Å². The molecule has 0 fully saturated rings. The number of hydrogen-bond donors (Lipinski definition) is 2. The van der Waals surface area contributed by atoms with Crippen molar-refractivity contribution in [3.05, 3.63) is 51.3 Å². The number of thioether (sulfide) groups is 1. The van der Waals surface area contributed by atoms with Crippen molar-refractivity contribution < 1.29 is 9.59 Å². The van der Waals surface area contributed by atoms with E-state index in [4.69, 9.17) is 5.73 Å². The molecule has 1 aliphatic heterocycles. The smallest absolute Gasteiger partial charge is 0.294 e. The molecule has 0 unspecified atom stereocenters. The lowest BCUT2D eigenvalue weighted by molar-refractivity contribution is 0.0646. The number of aromatic amines is 1. The highest BCUT2D eigenvalue weighted by molar-refractivity contribution is 7.98. The zero-order valence-corrected chi connectivity index (χ0v) is 15.0. The third kappa shape index (κ3) is 2.37. The summed E-state index contributed by atoms with van der Waals surface area (Å²) in [6.45, 7) is 0. The maximum atomic E-state index is 12.3. The van der Waals surface area contributed by atoms with Gasteiger partial charge in [0.05, 0.1) is 11.1 Å². The largest absolute Gasteiger partial charge is 0.382 e. The molecule has 4 rings (SSSR count). The molecule has 138 valence electrons. The predicted octanol–water partition coefficient (Wildman–Crippen LogP) is 1.49. The van der Waals surface area contributed by atoms with Crippen molar-refractivity contribution in [1.82, 2.24) is 19.6 Å². The quantitative estimate of drug-likeness (QED) is 0.294. The number of nitrogens with one attached hydrogen (secondary N) is 1. The van der Waals surface area contributed by atoms with Gasteiger partial charge in [0, 0.05) is 0 Å². The molecule has 2 aromatic heterocycles. The third-order valence-corrected chi connectivity index (χ3v) is 4.84. The zero-order chi connectivity index (χ0) is 20.0. The molecule has 0 radical (unpaired) electrons. The monoisotopic (exact) mass is 394 g/mol. The first-order chi connectivity index (χ1) is 13.5. The van der Waals surface area contributed by atoms with Gasteiger partial charge in [-0.25, -0.2) is 9.50 Å². The van der Waals surface area contributed by atoms with E-state index in [0.717, 1.165) is 0 Å². The maximum Gasteiger partial charge on any atom is 0.294 e. The molecule has 0 saturated carbocycles. The van der Waals surface area contributed by atoms with Crippen LogP contribution in [0.3, 0.4) is 0 Å². The Morgan fingerprint density at radius 3 is 2.43 bits per heavy atom. The van der Waals surface area contributed by atoms with E-state index in [1.807, 2.05) is 6.07 Å². The lowest BCUT2D eigenvalue weighted by atomic mass is 10.1. The fraction of sp³-hybridized carbons (Fsp3) is 0.0625. The molecule has 11 nitrogen and oxygen atoms in total. The molecule has 3 heterocycles. The van der Waals surface area contributed by atoms with E-state index in [1.165, 1.54) is 28.4 Å². The van der Waals surface area contributed by atoms with Crippen LogP contribution in [-0.2, 0) is 0 Å². The van der Waals surface area contributed by atoms with Crippen LogP contribution in [0.15, 0.2) is 44.4 Å². The first-order valence-electron chi connectivity index (χ1n) is 7.75. The molecule has 0 bridgehead atoms. The predicted molar refractivity (Wildman–Crippen MR) is 98.2 cm³/mol. The van der Waals surface area contributed by atoms with Gasteiger partial charge >= 0.3 is 0 Å². The number of rotatable bonds is 3. The van der Waals surface area contributed by atoms with E-state index in [2.05, 4.69) is 20.4 Å². The highest BCUT2D eigenvalue weighted by Gasteiger charge is 2.36. The number of aromatic nitrogens is 3. The summed E-state index contributed by atoms with van der Waals surface area (Å²) >= 11 is 1.18. The second kappa shape index (κ2) is 6.32. The number of nitrogens with two attached hydrogens (primary N) is 1. The zero-order valence-electron chi connectivity index (χ0n) is 14.2. The van der Waals surface area contributed by atoms with Crippen LogP contribution in [-0.4, -0.2) is 37.7 Å². The van der Waals surface area contributed by atoms with Gasteiger partial charge in [-0.05, 0) is 18.4 Å². The van der Waals surface area contributed by atoms with Gasteiger partial charge < -0.3 is 5.73 Å². The van der Waals surface area contributed by atoms with Gasteiger partial charge in [-0.1, -0.05) is 17.4 Å². The first-order valence-corrected chi connectivity index (χ1v) is 8.98. The summed E-state index contributed by atoms with van der Waals surface area (Å²) < 4.78 is 1.26. The van der Waals surface area contributed by atoms with Gasteiger partial charge in [0.1, 0.15) is 22.5 Å². The summed E-state index contributed by atoms with van der Waals surface area (Å²) in [7, 11) is 0. The van der Waals surface area contributed by atoms with Crippen molar-refractivity contribution in [2.24, 2.45) is 10.3 Å². The van der Waals surface area contributed by atoms with Crippen molar-refractivity contribution in [3.63, 3.8) is 0 Å². The summed E-state index contributed by atoms with van der Waals surface area (Å²) in [6.07, 6.45) is 1.70. The van der Waals surface area contributed by atoms with Crippen molar-refractivity contribution in [2.45, 2.75) is 5.03 Å². The van der Waals surface area contributed by atoms with Crippen LogP contribution in [0, 0.1) is 11.3 Å². The average Bonchev–Trinajstić information content (AvgIpc) is 3.13. The number of amides is 2. The molecule has 2 amide bonds. The molecule has 0 atom stereocenters. The number of nitrogens with zero attached hydrogens (tertiary/aromatic N) is 6. The number of fused-ring (bicyclic) bond motifs is 2. The number of imide groups is 1. The van der Waals surface area contributed by atoms with Crippen LogP contribution in [0.4, 0.5) is 11.5 Å². The molecule has 1 aromatic carbocycles. The summed E-state index contributed by atoms with van der Waals surface area (Å²) in [6, 6.07) is 8.19. The maximum absolute atomic E-state index is 12.3. The fourth-order valence-electron chi connectivity index (χ4n) is 2.79. The molecular formula is C16H10N8O3S. The van der Waals surface area contributed by atoms with Crippen LogP contribution in [0.5, 0.6) is 0 Å². The molecule has 0 spiro atoms. The Kier molecular flexibility index (Phi) is 3.94. The molecule has 0 aliphatic carbocycles. The van der Waals surface area contributed by atoms with Crippen LogP contribution in [0.25, 0.3) is 5.65 Å². The van der Waals surface area contributed by atoms with E-state index in [9.17, 15) is 19.6 Å². The van der Waals surface area contributed by atoms with E-state index in [0.29, 0.717) is 10.0 Å². The van der Waals surface area contributed by atoms with Gasteiger partial charge in [0.2, 0.25) is 0 Å². The lowest BCUT2D eigenvalue weighted by Crippen LogP contribution is -2.23. The van der Waals surface area contributed by atoms with E-state index in [-0.39, 0.29) is 33.8 Å². The van der Waals surface area contributed by atoms with Crippen molar-refractivity contribution >= 4 is 40.7 Å². The van der Waals surface area contributed by atoms with Crippen molar-refractivity contribution in [1.29, 1.82) is 5.26 Å². The van der Waals surface area contributed by atoms with Gasteiger partial charge in [0.15, 0.2) is 11.3 Å². The Balaban J connectivity index is 1.82. The molecule has 12 heteroatoms. The summed E-state index contributed by atoms with van der Waals surface area (Å²) in [5.41, 5.74) is 5.42. The van der Waals surface area contributed by atoms with E-state index in [1.54, 1.807) is 18.4 Å². The molecule has 1 aliphatic rings. The summed E-state index contributed by atoms with van der Waals surface area (Å²) in [5, 5.41) is 20.1. The van der Waals surface area contributed by atoms with Gasteiger partial charge in [-0.15, -0.1) is 21.9 Å². The number of carbonyl (C=O) groups is 2. The highest BCUT2D eigenvalue weighted by Crippen LogP contribution is 2.28. The van der Waals surface area contributed by atoms with E-state index < -0.39 is 17.4 Å². The molecule has 0 saturated heterocycles. The second-order valence-electron chi connectivity index (χ2n) is 5.60. The van der Waals surface area contributed by atoms with E-state index >= 15 is 0 Å². The summed E-state index contributed by atoms with van der Waals surface area (Å²) in [4.78, 5) is 41.0. The molecule has 3 aromatic rings. The standard InChI is InChI=1S/C16H10N8O3S/c1-28-16-9(6-17)11(18)19-12-10(13(25)21-23(12)16)20-22-24-14(26)7-4-2-3-5-8(7)15(24)27/h2-5H,1H3,(H2,18,19)(H,21,25). The number of benzene rings is 1. The number of hydrogen-bond acceptors (Lipinski definition) is 9. The topological polar surface area (TPSA) is 162 Å². The Morgan fingerprint density at radius 2 is 1.86 bits per heavy atom. The highest BCUT2D eigenvalue weighted by atomic mass is 32.2. The Hall–Kier alpha value is -3.98. The fourth-order valence-corrected chi connectivity index (χ4v) is 3.46. The van der Waals surface area contributed by atoms with Crippen LogP contribution in [0.2, 0.25) is 0 Å². The minimum atomic E-state index is -0.669. The number of H-pyrrole nitrogens is 1. The Labute approximate surface area is 160 Å². The third-order valence-electron chi connectivity index (χ3n) is 4.06. The number of anilines is 1. The molecule has 3 N–H and O–H groups in total. The van der Waals surface area contributed by atoms with Crippen LogP contribution in [0.1, 0.15) is 26.3 Å². The van der Waals surface area contributed by atoms with Crippen molar-refractivity contribution in [2.75, 3.05) is 12.0 Å².